The number of phenols is 1. The maximum atomic E-state index is 12.3. The van der Waals surface area contributed by atoms with Crippen molar-refractivity contribution in [3.05, 3.63) is 71.8 Å². The minimum atomic E-state index is -0.465. The summed E-state index contributed by atoms with van der Waals surface area (Å²) in [4.78, 5) is 12.3. The Hall–Kier alpha value is -3.34. The van der Waals surface area contributed by atoms with Crippen molar-refractivity contribution in [3.8, 4) is 5.75 Å². The average Bonchev–Trinajstić information content (AvgIpc) is 2.59. The van der Waals surface area contributed by atoms with Crippen LogP contribution in [0.5, 0.6) is 5.75 Å². The number of fused-ring (bicyclic) bond motifs is 1. The minimum Gasteiger partial charge on any atom is -0.507 e. The van der Waals surface area contributed by atoms with Gasteiger partial charge >= 0.3 is 0 Å². The molecule has 120 valence electrons. The molecule has 3 rings (SSSR count). The Morgan fingerprint density at radius 3 is 2.33 bits per heavy atom. The van der Waals surface area contributed by atoms with Gasteiger partial charge in [0, 0.05) is 5.69 Å². The molecular weight excluding hydrogens is 302 g/mol. The van der Waals surface area contributed by atoms with Crippen molar-refractivity contribution in [2.45, 2.75) is 6.92 Å². The second kappa shape index (κ2) is 6.42. The van der Waals surface area contributed by atoms with Crippen LogP contribution in [0.2, 0.25) is 0 Å². The zero-order valence-electron chi connectivity index (χ0n) is 13.2. The molecule has 0 saturated heterocycles. The fourth-order valence-electron chi connectivity index (χ4n) is 2.39. The van der Waals surface area contributed by atoms with Gasteiger partial charge in [0.25, 0.3) is 5.91 Å². The fourth-order valence-corrected chi connectivity index (χ4v) is 2.39. The number of rotatable bonds is 3. The van der Waals surface area contributed by atoms with Crippen LogP contribution in [0.4, 0.5) is 5.69 Å². The molecule has 0 aromatic heterocycles. The lowest BCUT2D eigenvalue weighted by molar-refractivity contribution is 0.0952. The Balaban J connectivity index is 1.83. The van der Waals surface area contributed by atoms with Crippen LogP contribution in [0.3, 0.4) is 0 Å². The van der Waals surface area contributed by atoms with Gasteiger partial charge in [-0.2, -0.15) is 5.10 Å². The highest BCUT2D eigenvalue weighted by molar-refractivity contribution is 6.03. The molecule has 0 unspecified atom stereocenters. The Bertz CT molecular complexity index is 931. The van der Waals surface area contributed by atoms with E-state index in [4.69, 9.17) is 5.73 Å². The number of nitrogens with zero attached hydrogens (tertiary/aromatic N) is 1. The number of benzene rings is 3. The van der Waals surface area contributed by atoms with Crippen molar-refractivity contribution in [1.29, 1.82) is 0 Å². The molecule has 3 aromatic rings. The Kier molecular flexibility index (Phi) is 4.16. The second-order valence-corrected chi connectivity index (χ2v) is 5.48. The number of amides is 1. The first-order valence-corrected chi connectivity index (χ1v) is 7.47. The maximum Gasteiger partial charge on any atom is 0.275 e. The van der Waals surface area contributed by atoms with Crippen LogP contribution in [0.1, 0.15) is 22.8 Å². The summed E-state index contributed by atoms with van der Waals surface area (Å²) in [6, 6.07) is 17.9. The molecule has 0 heterocycles. The molecule has 0 saturated carbocycles. The summed E-state index contributed by atoms with van der Waals surface area (Å²) < 4.78 is 0. The first-order chi connectivity index (χ1) is 11.5. The van der Waals surface area contributed by atoms with Gasteiger partial charge in [0.2, 0.25) is 0 Å². The minimum absolute atomic E-state index is 0.0773. The molecule has 5 heteroatoms. The van der Waals surface area contributed by atoms with Crippen LogP contribution >= 0.6 is 0 Å². The first-order valence-electron chi connectivity index (χ1n) is 7.47. The number of anilines is 1. The molecule has 0 aliphatic rings. The topological polar surface area (TPSA) is 87.7 Å². The number of aromatic hydroxyl groups is 1. The Labute approximate surface area is 139 Å². The predicted molar refractivity (Wildman–Crippen MR) is 96.1 cm³/mol. The third-order valence-electron chi connectivity index (χ3n) is 3.76. The number of phenolic OH excluding ortho intramolecular Hbond substituents is 1. The van der Waals surface area contributed by atoms with E-state index in [1.165, 1.54) is 0 Å². The van der Waals surface area contributed by atoms with Gasteiger partial charge < -0.3 is 10.8 Å². The summed E-state index contributed by atoms with van der Waals surface area (Å²) >= 11 is 0. The van der Waals surface area contributed by atoms with Crippen molar-refractivity contribution in [2.24, 2.45) is 5.10 Å². The largest absolute Gasteiger partial charge is 0.507 e. The fraction of sp³-hybridized carbons (Fsp3) is 0.0526. The van der Waals surface area contributed by atoms with Crippen molar-refractivity contribution in [3.63, 3.8) is 0 Å². The predicted octanol–water partition coefficient (Wildman–Crippen LogP) is 3.28. The Morgan fingerprint density at radius 2 is 1.67 bits per heavy atom. The van der Waals surface area contributed by atoms with E-state index in [1.54, 1.807) is 31.2 Å². The van der Waals surface area contributed by atoms with E-state index < -0.39 is 5.91 Å². The van der Waals surface area contributed by atoms with Gasteiger partial charge in [0.1, 0.15) is 5.75 Å². The third-order valence-corrected chi connectivity index (χ3v) is 3.76. The number of carbonyl (C=O) groups excluding carboxylic acids is 1. The lowest BCUT2D eigenvalue weighted by Gasteiger charge is -2.07. The van der Waals surface area contributed by atoms with Gasteiger partial charge in [-0.25, -0.2) is 5.43 Å². The van der Waals surface area contributed by atoms with E-state index in [9.17, 15) is 9.90 Å². The van der Waals surface area contributed by atoms with Crippen LogP contribution in [-0.2, 0) is 0 Å². The maximum absolute atomic E-state index is 12.3. The number of hydrogen-bond donors (Lipinski definition) is 3. The van der Waals surface area contributed by atoms with Crippen molar-refractivity contribution in [1.82, 2.24) is 5.43 Å². The number of carbonyl (C=O) groups is 1. The number of nitrogens with two attached hydrogens (primary N) is 1. The van der Waals surface area contributed by atoms with Gasteiger partial charge in [0.15, 0.2) is 0 Å². The van der Waals surface area contributed by atoms with Crippen LogP contribution in [-0.4, -0.2) is 16.7 Å². The van der Waals surface area contributed by atoms with E-state index in [1.807, 2.05) is 36.4 Å². The van der Waals surface area contributed by atoms with Crippen LogP contribution < -0.4 is 11.2 Å². The summed E-state index contributed by atoms with van der Waals surface area (Å²) in [6.07, 6.45) is 0. The highest BCUT2D eigenvalue weighted by Crippen LogP contribution is 2.24. The van der Waals surface area contributed by atoms with Gasteiger partial charge in [-0.1, -0.05) is 36.4 Å². The van der Waals surface area contributed by atoms with Crippen molar-refractivity contribution in [2.75, 3.05) is 5.73 Å². The van der Waals surface area contributed by atoms with E-state index in [0.29, 0.717) is 11.4 Å². The normalized spacial score (nSPS) is 11.5. The third kappa shape index (κ3) is 3.20. The van der Waals surface area contributed by atoms with Crippen LogP contribution in [0, 0.1) is 0 Å². The molecule has 0 aliphatic heterocycles. The number of nitrogens with one attached hydrogen (secondary N) is 1. The van der Waals surface area contributed by atoms with E-state index in [0.717, 1.165) is 16.3 Å². The molecule has 24 heavy (non-hydrogen) atoms. The molecule has 0 fully saturated rings. The highest BCUT2D eigenvalue weighted by atomic mass is 16.3. The van der Waals surface area contributed by atoms with Crippen molar-refractivity contribution >= 4 is 28.1 Å². The van der Waals surface area contributed by atoms with Crippen LogP contribution in [0.15, 0.2) is 65.8 Å². The summed E-state index contributed by atoms with van der Waals surface area (Å²) in [5, 5.41) is 15.9. The van der Waals surface area contributed by atoms with E-state index >= 15 is 0 Å². The number of nitrogen functional groups attached to an aromatic ring is 1. The lowest BCUT2D eigenvalue weighted by Crippen LogP contribution is -2.19. The lowest BCUT2D eigenvalue weighted by atomic mass is 10.1. The Morgan fingerprint density at radius 1 is 1.04 bits per heavy atom. The molecule has 0 bridgehead atoms. The van der Waals surface area contributed by atoms with E-state index in [2.05, 4.69) is 10.5 Å². The SMILES string of the molecule is C/C(=N\NC(=O)c1cc2ccccc2cc1O)c1ccc(N)cc1. The summed E-state index contributed by atoms with van der Waals surface area (Å²) in [5.41, 5.74) is 10.5. The quantitative estimate of drug-likeness (QED) is 0.393. The smallest absolute Gasteiger partial charge is 0.275 e. The second-order valence-electron chi connectivity index (χ2n) is 5.48. The zero-order chi connectivity index (χ0) is 17.1. The average molecular weight is 319 g/mol. The van der Waals surface area contributed by atoms with Gasteiger partial charge in [-0.3, -0.25) is 4.79 Å². The van der Waals surface area contributed by atoms with Gasteiger partial charge in [0.05, 0.1) is 11.3 Å². The number of hydrogen-bond acceptors (Lipinski definition) is 4. The molecule has 5 nitrogen and oxygen atoms in total. The molecule has 3 aromatic carbocycles. The zero-order valence-corrected chi connectivity index (χ0v) is 13.2. The number of hydrazone groups is 1. The molecule has 0 spiro atoms. The molecule has 1 amide bonds. The molecule has 4 N–H and O–H groups in total. The summed E-state index contributed by atoms with van der Waals surface area (Å²) in [5.74, 6) is -0.542. The summed E-state index contributed by atoms with van der Waals surface area (Å²) in [7, 11) is 0. The van der Waals surface area contributed by atoms with Crippen LogP contribution in [0.25, 0.3) is 10.8 Å². The van der Waals surface area contributed by atoms with E-state index in [-0.39, 0.29) is 11.3 Å². The highest BCUT2D eigenvalue weighted by Gasteiger charge is 2.12. The monoisotopic (exact) mass is 319 g/mol. The van der Waals surface area contributed by atoms with Gasteiger partial charge in [-0.05, 0) is 47.5 Å². The standard InChI is InChI=1S/C19H17N3O2/c1-12(13-6-8-16(20)9-7-13)21-22-19(24)17-10-14-4-2-3-5-15(14)11-18(17)23/h2-11,23H,20H2,1H3,(H,22,24)/b21-12+. The molecule has 0 radical (unpaired) electrons. The molecular formula is C19H17N3O2. The van der Waals surface area contributed by atoms with Crippen molar-refractivity contribution < 1.29 is 9.90 Å². The first kappa shape index (κ1) is 15.6. The summed E-state index contributed by atoms with van der Waals surface area (Å²) in [6.45, 7) is 1.78. The van der Waals surface area contributed by atoms with Gasteiger partial charge in [-0.15, -0.1) is 0 Å². The molecule has 0 aliphatic carbocycles. The molecule has 0 atom stereocenters.